The van der Waals surface area contributed by atoms with E-state index in [1.54, 1.807) is 38.3 Å². The Labute approximate surface area is 184 Å². The summed E-state index contributed by atoms with van der Waals surface area (Å²) in [6, 6.07) is 12.3. The fraction of sp³-hybridized carbons (Fsp3) is 0.227. The lowest BCUT2D eigenvalue weighted by atomic mass is 10.2. The maximum atomic E-state index is 13.2. The molecule has 1 aliphatic heterocycles. The highest BCUT2D eigenvalue weighted by atomic mass is 35.5. The van der Waals surface area contributed by atoms with E-state index in [0.717, 1.165) is 11.3 Å². The Bertz CT molecular complexity index is 1030. The first-order chi connectivity index (χ1) is 14.3. The zero-order valence-electron chi connectivity index (χ0n) is 17.0. The number of carbonyl (C=O) groups excluding carboxylic acids is 2. The molecule has 30 heavy (non-hydrogen) atoms. The van der Waals surface area contributed by atoms with Crippen LogP contribution in [-0.2, 0) is 9.59 Å². The van der Waals surface area contributed by atoms with Crippen LogP contribution in [0.2, 0.25) is 5.02 Å². The second kappa shape index (κ2) is 9.36. The molecule has 1 atom stereocenters. The van der Waals surface area contributed by atoms with E-state index in [4.69, 9.17) is 21.1 Å². The Morgan fingerprint density at radius 1 is 1.17 bits per heavy atom. The van der Waals surface area contributed by atoms with Crippen LogP contribution in [0.15, 0.2) is 53.2 Å². The van der Waals surface area contributed by atoms with E-state index >= 15 is 0 Å². The van der Waals surface area contributed by atoms with Crippen LogP contribution in [0.4, 0.5) is 5.69 Å². The third kappa shape index (κ3) is 4.68. The van der Waals surface area contributed by atoms with E-state index in [2.05, 4.69) is 4.99 Å². The quantitative estimate of drug-likeness (QED) is 0.598. The van der Waals surface area contributed by atoms with Crippen molar-refractivity contribution in [3.8, 4) is 11.5 Å². The molecule has 0 bridgehead atoms. The van der Waals surface area contributed by atoms with Crippen LogP contribution in [0.25, 0.3) is 6.08 Å². The number of nitrogens with zero attached hydrogens (tertiary/aromatic N) is 2. The molecule has 0 saturated carbocycles. The predicted octanol–water partition coefficient (Wildman–Crippen LogP) is 4.81. The molecule has 3 rings (SSSR count). The van der Waals surface area contributed by atoms with Gasteiger partial charge in [-0.25, -0.2) is 4.99 Å². The zero-order chi connectivity index (χ0) is 21.8. The van der Waals surface area contributed by atoms with Crippen LogP contribution < -0.4 is 14.4 Å². The van der Waals surface area contributed by atoms with Gasteiger partial charge in [0.15, 0.2) is 5.17 Å². The van der Waals surface area contributed by atoms with Crippen LogP contribution in [0.1, 0.15) is 19.4 Å². The number of anilines is 1. The van der Waals surface area contributed by atoms with E-state index in [-0.39, 0.29) is 22.6 Å². The smallest absolute Gasteiger partial charge is 0.283 e. The van der Waals surface area contributed by atoms with Crippen molar-refractivity contribution in [3.05, 3.63) is 58.7 Å². The third-order valence-corrected chi connectivity index (χ3v) is 5.98. The molecule has 6 nitrogen and oxygen atoms in total. The van der Waals surface area contributed by atoms with E-state index in [9.17, 15) is 9.59 Å². The number of benzene rings is 2. The molecule has 2 aromatic carbocycles. The maximum absolute atomic E-state index is 13.2. The molecule has 0 N–H and O–H groups in total. The minimum absolute atomic E-state index is 0.00336. The Hall–Kier alpha value is -2.77. The number of amidine groups is 1. The van der Waals surface area contributed by atoms with Gasteiger partial charge in [-0.3, -0.25) is 14.5 Å². The second-order valence-corrected chi connectivity index (χ2v) is 8.24. The molecule has 1 aliphatic rings. The van der Waals surface area contributed by atoms with Crippen LogP contribution in [0, 0.1) is 0 Å². The third-order valence-electron chi connectivity index (χ3n) is 4.50. The van der Waals surface area contributed by atoms with Gasteiger partial charge >= 0.3 is 0 Å². The van der Waals surface area contributed by atoms with Gasteiger partial charge in [0.2, 0.25) is 0 Å². The normalized spacial score (nSPS) is 15.9. The lowest BCUT2D eigenvalue weighted by Gasteiger charge is -2.20. The van der Waals surface area contributed by atoms with Gasteiger partial charge in [-0.2, -0.15) is 0 Å². The topological polar surface area (TPSA) is 68.2 Å². The highest BCUT2D eigenvalue weighted by Crippen LogP contribution is 2.35. The number of hydrogen-bond donors (Lipinski definition) is 0. The van der Waals surface area contributed by atoms with E-state index in [0.29, 0.717) is 21.6 Å². The lowest BCUT2D eigenvalue weighted by molar-refractivity contribution is -0.116. The zero-order valence-corrected chi connectivity index (χ0v) is 18.6. The summed E-state index contributed by atoms with van der Waals surface area (Å²) in [6.07, 6.45) is 1.70. The minimum atomic E-state index is -0.353. The molecular formula is C22H21ClN2O4S. The highest BCUT2D eigenvalue weighted by molar-refractivity contribution is 8.15. The molecule has 0 aromatic heterocycles. The van der Waals surface area contributed by atoms with Gasteiger partial charge in [-0.15, -0.1) is 0 Å². The molecule has 8 heteroatoms. The monoisotopic (exact) mass is 444 g/mol. The van der Waals surface area contributed by atoms with Gasteiger partial charge in [0.05, 0.1) is 30.2 Å². The number of carbonyl (C=O) groups is 2. The first kappa shape index (κ1) is 21.9. The van der Waals surface area contributed by atoms with Crippen molar-refractivity contribution < 1.29 is 19.1 Å². The Balaban J connectivity index is 2.02. The number of ketones is 1. The number of rotatable bonds is 6. The van der Waals surface area contributed by atoms with Crippen molar-refractivity contribution in [1.29, 1.82) is 0 Å². The summed E-state index contributed by atoms with van der Waals surface area (Å²) in [5.41, 5.74) is 1.64. The molecule has 0 spiro atoms. The molecule has 0 saturated heterocycles. The number of ether oxygens (including phenoxy) is 2. The molecule has 1 heterocycles. The molecular weight excluding hydrogens is 424 g/mol. The van der Waals surface area contributed by atoms with Crippen LogP contribution in [-0.4, -0.2) is 36.3 Å². The number of hydrogen-bond acceptors (Lipinski definition) is 6. The van der Waals surface area contributed by atoms with Crippen LogP contribution in [0.3, 0.4) is 0 Å². The Kier molecular flexibility index (Phi) is 6.84. The predicted molar refractivity (Wildman–Crippen MR) is 122 cm³/mol. The number of aliphatic imine (C=N–C) groups is 1. The summed E-state index contributed by atoms with van der Waals surface area (Å²) < 4.78 is 10.5. The molecule has 1 amide bonds. The average Bonchev–Trinajstić information content (AvgIpc) is 3.03. The number of thioether (sulfide) groups is 1. The molecule has 0 fully saturated rings. The van der Waals surface area contributed by atoms with Gasteiger partial charge < -0.3 is 9.47 Å². The van der Waals surface area contributed by atoms with E-state index in [1.807, 2.05) is 24.3 Å². The fourth-order valence-corrected chi connectivity index (χ4v) is 3.81. The van der Waals surface area contributed by atoms with Crippen LogP contribution >= 0.6 is 23.4 Å². The SMILES string of the molecule is COc1ccc(/C=C2\N=C(S[C@H](C)C(C)=O)N(c3ccc(Cl)c(OC)c3)C2=O)cc1. The van der Waals surface area contributed by atoms with Crippen molar-refractivity contribution in [3.63, 3.8) is 0 Å². The maximum Gasteiger partial charge on any atom is 0.283 e. The molecule has 2 aromatic rings. The number of amides is 1. The second-order valence-electron chi connectivity index (χ2n) is 6.53. The standard InChI is InChI=1S/C22H21ClN2O4S/c1-13(26)14(2)30-22-24-19(11-15-5-8-17(28-3)9-6-15)21(27)25(22)16-7-10-18(23)20(12-16)29-4/h5-12,14H,1-4H3/b19-11-/t14-/m1/s1. The van der Waals surface area contributed by atoms with Crippen molar-refractivity contribution in [2.24, 2.45) is 4.99 Å². The number of Topliss-reactive ketones (excluding diaryl/α,β-unsaturated/α-hetero) is 1. The van der Waals surface area contributed by atoms with Crippen LogP contribution in [0.5, 0.6) is 11.5 Å². The number of methoxy groups -OCH3 is 2. The van der Waals surface area contributed by atoms with Gasteiger partial charge in [-0.1, -0.05) is 35.5 Å². The van der Waals surface area contributed by atoms with Gasteiger partial charge in [-0.05, 0) is 49.8 Å². The minimum Gasteiger partial charge on any atom is -0.497 e. The average molecular weight is 445 g/mol. The Morgan fingerprint density at radius 3 is 2.47 bits per heavy atom. The van der Waals surface area contributed by atoms with Gasteiger partial charge in [0.25, 0.3) is 5.91 Å². The van der Waals surface area contributed by atoms with Crippen molar-refractivity contribution in [1.82, 2.24) is 0 Å². The summed E-state index contributed by atoms with van der Waals surface area (Å²) in [6.45, 7) is 3.30. The molecule has 0 radical (unpaired) electrons. The van der Waals surface area contributed by atoms with Crippen molar-refractivity contribution >= 4 is 52.0 Å². The summed E-state index contributed by atoms with van der Waals surface area (Å²) in [7, 11) is 3.10. The van der Waals surface area contributed by atoms with E-state index < -0.39 is 0 Å². The fourth-order valence-electron chi connectivity index (χ4n) is 2.69. The summed E-state index contributed by atoms with van der Waals surface area (Å²) >= 11 is 7.36. The Morgan fingerprint density at radius 2 is 1.87 bits per heavy atom. The summed E-state index contributed by atoms with van der Waals surface area (Å²) in [5, 5.41) is 0.505. The van der Waals surface area contributed by atoms with E-state index in [1.165, 1.54) is 30.7 Å². The van der Waals surface area contributed by atoms with Crippen molar-refractivity contribution in [2.45, 2.75) is 19.1 Å². The largest absolute Gasteiger partial charge is 0.497 e. The summed E-state index contributed by atoms with van der Waals surface area (Å²) in [4.78, 5) is 31.0. The lowest BCUT2D eigenvalue weighted by Crippen LogP contribution is -2.32. The van der Waals surface area contributed by atoms with Gasteiger partial charge in [0, 0.05) is 6.07 Å². The summed E-state index contributed by atoms with van der Waals surface area (Å²) in [5.74, 6) is 0.864. The first-order valence-electron chi connectivity index (χ1n) is 9.13. The molecule has 156 valence electrons. The molecule has 0 aliphatic carbocycles. The molecule has 0 unspecified atom stereocenters. The van der Waals surface area contributed by atoms with Crippen molar-refractivity contribution in [2.75, 3.05) is 19.1 Å². The first-order valence-corrected chi connectivity index (χ1v) is 10.4. The number of halogens is 1. The van der Waals surface area contributed by atoms with Gasteiger partial charge in [0.1, 0.15) is 23.0 Å². The highest BCUT2D eigenvalue weighted by Gasteiger charge is 2.34.